The highest BCUT2D eigenvalue weighted by molar-refractivity contribution is 5.42. The van der Waals surface area contributed by atoms with Crippen molar-refractivity contribution >= 4 is 0 Å². The Morgan fingerprint density at radius 3 is 2.43 bits per heavy atom. The fraction of sp³-hybridized carbons (Fsp3) is 0.375. The molecular weight excluding hydrogens is 266 g/mol. The Labute approximate surface area is 124 Å². The fourth-order valence-corrected chi connectivity index (χ4v) is 2.36. The molecule has 0 bridgehead atoms. The molecule has 0 aliphatic heterocycles. The summed E-state index contributed by atoms with van der Waals surface area (Å²) in [5.74, 6) is 0.540. The summed E-state index contributed by atoms with van der Waals surface area (Å²) in [5.41, 5.74) is 0.575. The Bertz CT molecular complexity index is 664. The molecule has 1 heterocycles. The molecule has 0 radical (unpaired) electrons. The number of hydrogen-bond donors (Lipinski definition) is 1. The Balaban J connectivity index is 2.57. The maximum absolute atomic E-state index is 11.0. The van der Waals surface area contributed by atoms with E-state index >= 15 is 0 Å². The lowest BCUT2D eigenvalue weighted by atomic mass is 9.91. The summed E-state index contributed by atoms with van der Waals surface area (Å²) in [4.78, 5) is 0. The maximum Gasteiger partial charge on any atom is 0.163 e. The maximum atomic E-state index is 11.0. The first-order valence-electron chi connectivity index (χ1n) is 6.76. The van der Waals surface area contributed by atoms with Gasteiger partial charge in [-0.2, -0.15) is 10.4 Å². The summed E-state index contributed by atoms with van der Waals surface area (Å²) >= 11 is 0. The highest BCUT2D eigenvalue weighted by Crippen LogP contribution is 2.36. The minimum Gasteiger partial charge on any atom is -0.493 e. The first-order valence-corrected chi connectivity index (χ1v) is 6.76. The molecule has 1 N–H and O–H groups in total. The smallest absolute Gasteiger partial charge is 0.163 e. The molecule has 2 rings (SSSR count). The topological polar surface area (TPSA) is 71.1 Å². The van der Waals surface area contributed by atoms with Crippen LogP contribution in [-0.4, -0.2) is 22.0 Å². The SMILES string of the molecule is COc1cnn(C(C)C)c1C(C)(O)c1ccc(C#N)cc1. The zero-order valence-corrected chi connectivity index (χ0v) is 12.7. The largest absolute Gasteiger partial charge is 0.493 e. The van der Waals surface area contributed by atoms with E-state index in [2.05, 4.69) is 11.2 Å². The van der Waals surface area contributed by atoms with Gasteiger partial charge in [0.2, 0.25) is 0 Å². The second kappa shape index (κ2) is 5.58. The predicted octanol–water partition coefficient (Wildman–Crippen LogP) is 2.60. The first kappa shape index (κ1) is 15.1. The molecule has 0 saturated carbocycles. The molecule has 1 aromatic carbocycles. The summed E-state index contributed by atoms with van der Waals surface area (Å²) in [7, 11) is 1.56. The lowest BCUT2D eigenvalue weighted by molar-refractivity contribution is 0.0868. The second-order valence-electron chi connectivity index (χ2n) is 5.36. The third-order valence-electron chi connectivity index (χ3n) is 3.51. The summed E-state index contributed by atoms with van der Waals surface area (Å²) in [5, 5.41) is 24.2. The lowest BCUT2D eigenvalue weighted by Crippen LogP contribution is -2.28. The van der Waals surface area contributed by atoms with Crippen LogP contribution in [0.25, 0.3) is 0 Å². The van der Waals surface area contributed by atoms with E-state index in [0.29, 0.717) is 22.6 Å². The number of aromatic nitrogens is 2. The number of nitriles is 1. The van der Waals surface area contributed by atoms with Crippen molar-refractivity contribution in [1.82, 2.24) is 9.78 Å². The molecule has 0 spiro atoms. The van der Waals surface area contributed by atoms with E-state index in [9.17, 15) is 5.11 Å². The van der Waals surface area contributed by atoms with Gasteiger partial charge in [-0.15, -0.1) is 0 Å². The van der Waals surface area contributed by atoms with Gasteiger partial charge in [-0.05, 0) is 38.5 Å². The molecule has 0 fully saturated rings. The van der Waals surface area contributed by atoms with Crippen LogP contribution in [0.1, 0.15) is 43.6 Å². The van der Waals surface area contributed by atoms with Crippen LogP contribution in [0, 0.1) is 11.3 Å². The fourth-order valence-electron chi connectivity index (χ4n) is 2.36. The number of ether oxygens (including phenoxy) is 1. The number of nitrogens with zero attached hydrogens (tertiary/aromatic N) is 3. The van der Waals surface area contributed by atoms with E-state index in [4.69, 9.17) is 10.00 Å². The average molecular weight is 285 g/mol. The van der Waals surface area contributed by atoms with Crippen LogP contribution in [0.2, 0.25) is 0 Å². The molecule has 5 heteroatoms. The molecule has 5 nitrogen and oxygen atoms in total. The van der Waals surface area contributed by atoms with Crippen LogP contribution >= 0.6 is 0 Å². The van der Waals surface area contributed by atoms with Gasteiger partial charge in [0.05, 0.1) is 24.9 Å². The normalized spacial score (nSPS) is 13.8. The third-order valence-corrected chi connectivity index (χ3v) is 3.51. The van der Waals surface area contributed by atoms with Crippen LogP contribution in [0.5, 0.6) is 5.75 Å². The van der Waals surface area contributed by atoms with E-state index in [1.165, 1.54) is 0 Å². The third kappa shape index (κ3) is 2.63. The Hall–Kier alpha value is -2.32. The lowest BCUT2D eigenvalue weighted by Gasteiger charge is -2.27. The minimum absolute atomic E-state index is 0.0914. The van der Waals surface area contributed by atoms with Crippen LogP contribution < -0.4 is 4.74 Å². The number of benzene rings is 1. The Morgan fingerprint density at radius 2 is 1.95 bits per heavy atom. The molecule has 2 aromatic rings. The standard InChI is InChI=1S/C16H19N3O2/c1-11(2)19-15(14(21-4)10-18-19)16(3,20)13-7-5-12(9-17)6-8-13/h5-8,10-11,20H,1-4H3. The number of aliphatic hydroxyl groups is 1. The average Bonchev–Trinajstić information content (AvgIpc) is 2.92. The van der Waals surface area contributed by atoms with Gasteiger partial charge in [-0.3, -0.25) is 4.68 Å². The van der Waals surface area contributed by atoms with E-state index < -0.39 is 5.60 Å². The van der Waals surface area contributed by atoms with Gasteiger partial charge < -0.3 is 9.84 Å². The Kier molecular flexibility index (Phi) is 4.01. The van der Waals surface area contributed by atoms with E-state index in [0.717, 1.165) is 0 Å². The summed E-state index contributed by atoms with van der Waals surface area (Å²) in [6, 6.07) is 9.03. The van der Waals surface area contributed by atoms with Crippen molar-refractivity contribution in [3.63, 3.8) is 0 Å². The van der Waals surface area contributed by atoms with Crippen molar-refractivity contribution in [1.29, 1.82) is 5.26 Å². The minimum atomic E-state index is -1.26. The molecule has 1 atom stereocenters. The summed E-state index contributed by atoms with van der Waals surface area (Å²) in [6.45, 7) is 5.68. The van der Waals surface area contributed by atoms with Gasteiger partial charge in [0.25, 0.3) is 0 Å². The molecule has 0 amide bonds. The zero-order valence-electron chi connectivity index (χ0n) is 12.7. The molecule has 1 unspecified atom stereocenters. The highest BCUT2D eigenvalue weighted by Gasteiger charge is 2.34. The number of rotatable bonds is 4. The molecule has 21 heavy (non-hydrogen) atoms. The molecular formula is C16H19N3O2. The van der Waals surface area contributed by atoms with Crippen LogP contribution in [0.4, 0.5) is 0 Å². The van der Waals surface area contributed by atoms with Crippen molar-refractivity contribution in [3.8, 4) is 11.8 Å². The predicted molar refractivity (Wildman–Crippen MR) is 79.0 cm³/mol. The number of hydrogen-bond acceptors (Lipinski definition) is 4. The van der Waals surface area contributed by atoms with Crippen LogP contribution in [-0.2, 0) is 5.60 Å². The quantitative estimate of drug-likeness (QED) is 0.937. The molecule has 0 aliphatic carbocycles. The molecule has 110 valence electrons. The van der Waals surface area contributed by atoms with Crippen molar-refractivity contribution in [2.24, 2.45) is 0 Å². The first-order chi connectivity index (χ1) is 9.91. The van der Waals surface area contributed by atoms with Gasteiger partial charge in [0.1, 0.15) is 11.3 Å². The van der Waals surface area contributed by atoms with Gasteiger partial charge in [-0.1, -0.05) is 12.1 Å². The second-order valence-corrected chi connectivity index (χ2v) is 5.36. The zero-order chi connectivity index (χ0) is 15.6. The highest BCUT2D eigenvalue weighted by atomic mass is 16.5. The van der Waals surface area contributed by atoms with Gasteiger partial charge in [0, 0.05) is 6.04 Å². The van der Waals surface area contributed by atoms with E-state index in [-0.39, 0.29) is 6.04 Å². The monoisotopic (exact) mass is 285 g/mol. The summed E-state index contributed by atoms with van der Waals surface area (Å²) < 4.78 is 7.08. The van der Waals surface area contributed by atoms with Crippen molar-refractivity contribution in [2.75, 3.05) is 7.11 Å². The van der Waals surface area contributed by atoms with E-state index in [1.807, 2.05) is 13.8 Å². The van der Waals surface area contributed by atoms with Gasteiger partial charge >= 0.3 is 0 Å². The Morgan fingerprint density at radius 1 is 1.33 bits per heavy atom. The van der Waals surface area contributed by atoms with Gasteiger partial charge in [-0.25, -0.2) is 0 Å². The van der Waals surface area contributed by atoms with Crippen molar-refractivity contribution < 1.29 is 9.84 Å². The van der Waals surface area contributed by atoms with Crippen molar-refractivity contribution in [2.45, 2.75) is 32.4 Å². The van der Waals surface area contributed by atoms with Crippen molar-refractivity contribution in [3.05, 3.63) is 47.3 Å². The molecule has 1 aromatic heterocycles. The molecule has 0 saturated heterocycles. The van der Waals surface area contributed by atoms with Crippen LogP contribution in [0.3, 0.4) is 0 Å². The summed E-state index contributed by atoms with van der Waals surface area (Å²) in [6.07, 6.45) is 1.60. The van der Waals surface area contributed by atoms with E-state index in [1.54, 1.807) is 49.2 Å². The molecule has 0 aliphatic rings. The van der Waals surface area contributed by atoms with Gasteiger partial charge in [0.15, 0.2) is 5.75 Å². The number of methoxy groups -OCH3 is 1. The van der Waals surface area contributed by atoms with Crippen LogP contribution in [0.15, 0.2) is 30.5 Å².